The van der Waals surface area contributed by atoms with Crippen LogP contribution in [0.5, 0.6) is 5.75 Å². The fourth-order valence-corrected chi connectivity index (χ4v) is 3.18. The Morgan fingerprint density at radius 3 is 2.54 bits per heavy atom. The van der Waals surface area contributed by atoms with E-state index in [1.165, 1.54) is 19.2 Å². The topological polar surface area (TPSA) is 95.9 Å². The molecule has 0 atom stereocenters. The van der Waals surface area contributed by atoms with Crippen LogP contribution in [0.15, 0.2) is 42.5 Å². The van der Waals surface area contributed by atoms with Gasteiger partial charge in [0.1, 0.15) is 5.75 Å². The van der Waals surface area contributed by atoms with E-state index in [4.69, 9.17) is 9.84 Å². The van der Waals surface area contributed by atoms with Crippen LogP contribution < -0.4 is 15.0 Å². The minimum absolute atomic E-state index is 0.0732. The largest absolute Gasteiger partial charge is 0.494 e. The van der Waals surface area contributed by atoms with Crippen LogP contribution in [0.1, 0.15) is 35.2 Å². The van der Waals surface area contributed by atoms with E-state index in [2.05, 4.69) is 5.32 Å². The van der Waals surface area contributed by atoms with Crippen molar-refractivity contribution in [1.29, 1.82) is 0 Å². The Morgan fingerprint density at radius 1 is 1.18 bits per heavy atom. The molecule has 1 aliphatic rings. The van der Waals surface area contributed by atoms with Gasteiger partial charge in [0.2, 0.25) is 11.8 Å². The molecule has 7 heteroatoms. The van der Waals surface area contributed by atoms with Gasteiger partial charge in [-0.15, -0.1) is 0 Å². The van der Waals surface area contributed by atoms with E-state index in [1.54, 1.807) is 35.2 Å². The van der Waals surface area contributed by atoms with Gasteiger partial charge >= 0.3 is 5.97 Å². The van der Waals surface area contributed by atoms with Crippen molar-refractivity contribution in [3.63, 3.8) is 0 Å². The molecule has 1 aliphatic heterocycles. The van der Waals surface area contributed by atoms with Crippen LogP contribution in [-0.2, 0) is 16.0 Å². The van der Waals surface area contributed by atoms with Gasteiger partial charge in [0.15, 0.2) is 0 Å². The SMILES string of the molecule is COc1cc(NC(=O)CCc2ccc(C(=O)O)cc2)ccc1N1CCCC1=O. The normalized spacial score (nSPS) is 13.5. The van der Waals surface area contributed by atoms with Gasteiger partial charge in [0, 0.05) is 31.1 Å². The molecule has 2 aromatic rings. The number of carbonyl (C=O) groups is 3. The van der Waals surface area contributed by atoms with Crippen LogP contribution in [0.2, 0.25) is 0 Å². The Kier molecular flexibility index (Phi) is 5.93. The Bertz CT molecular complexity index is 892. The molecular formula is C21H22N2O5. The molecule has 2 amide bonds. The van der Waals surface area contributed by atoms with E-state index in [-0.39, 0.29) is 23.8 Å². The van der Waals surface area contributed by atoms with Crippen LogP contribution in [0.4, 0.5) is 11.4 Å². The molecule has 0 bridgehead atoms. The highest BCUT2D eigenvalue weighted by atomic mass is 16.5. The van der Waals surface area contributed by atoms with Crippen molar-refractivity contribution >= 4 is 29.2 Å². The van der Waals surface area contributed by atoms with Crippen molar-refractivity contribution in [2.75, 3.05) is 23.9 Å². The first kappa shape index (κ1) is 19.4. The summed E-state index contributed by atoms with van der Waals surface area (Å²) in [6, 6.07) is 11.7. The van der Waals surface area contributed by atoms with Crippen molar-refractivity contribution in [2.24, 2.45) is 0 Å². The molecular weight excluding hydrogens is 360 g/mol. The minimum Gasteiger partial charge on any atom is -0.494 e. The van der Waals surface area contributed by atoms with E-state index in [0.717, 1.165) is 12.0 Å². The lowest BCUT2D eigenvalue weighted by atomic mass is 10.1. The number of benzene rings is 2. The number of amides is 2. The maximum Gasteiger partial charge on any atom is 0.335 e. The number of carboxylic acid groups (broad SMARTS) is 1. The number of rotatable bonds is 7. The molecule has 0 radical (unpaired) electrons. The molecule has 28 heavy (non-hydrogen) atoms. The zero-order chi connectivity index (χ0) is 20.1. The molecule has 7 nitrogen and oxygen atoms in total. The Hall–Kier alpha value is -3.35. The number of carboxylic acids is 1. The second kappa shape index (κ2) is 8.56. The first-order valence-electron chi connectivity index (χ1n) is 9.08. The number of carbonyl (C=O) groups excluding carboxylic acids is 2. The molecule has 0 aliphatic carbocycles. The fourth-order valence-electron chi connectivity index (χ4n) is 3.18. The number of aryl methyl sites for hydroxylation is 1. The van der Waals surface area contributed by atoms with Crippen molar-refractivity contribution in [3.05, 3.63) is 53.6 Å². The summed E-state index contributed by atoms with van der Waals surface area (Å²) in [5, 5.41) is 11.7. The average molecular weight is 382 g/mol. The van der Waals surface area contributed by atoms with Gasteiger partial charge in [-0.05, 0) is 42.7 Å². The predicted molar refractivity (Wildman–Crippen MR) is 105 cm³/mol. The lowest BCUT2D eigenvalue weighted by Gasteiger charge is -2.19. The third kappa shape index (κ3) is 4.49. The molecule has 1 heterocycles. The van der Waals surface area contributed by atoms with E-state index < -0.39 is 5.97 Å². The summed E-state index contributed by atoms with van der Waals surface area (Å²) in [6.07, 6.45) is 2.13. The molecule has 1 saturated heterocycles. The zero-order valence-electron chi connectivity index (χ0n) is 15.6. The maximum atomic E-state index is 12.2. The summed E-state index contributed by atoms with van der Waals surface area (Å²) in [6.45, 7) is 0.668. The predicted octanol–water partition coefficient (Wildman–Crippen LogP) is 3.09. The lowest BCUT2D eigenvalue weighted by Crippen LogP contribution is -2.24. The average Bonchev–Trinajstić information content (AvgIpc) is 3.12. The van der Waals surface area contributed by atoms with Crippen molar-refractivity contribution in [2.45, 2.75) is 25.7 Å². The first-order valence-corrected chi connectivity index (χ1v) is 9.08. The number of anilines is 2. The van der Waals surface area contributed by atoms with E-state index >= 15 is 0 Å². The van der Waals surface area contributed by atoms with E-state index in [9.17, 15) is 14.4 Å². The molecule has 146 valence electrons. The van der Waals surface area contributed by atoms with Crippen LogP contribution >= 0.6 is 0 Å². The van der Waals surface area contributed by atoms with Crippen LogP contribution in [0.25, 0.3) is 0 Å². The van der Waals surface area contributed by atoms with E-state index in [0.29, 0.717) is 36.5 Å². The second-order valence-electron chi connectivity index (χ2n) is 6.59. The highest BCUT2D eigenvalue weighted by Crippen LogP contribution is 2.33. The van der Waals surface area contributed by atoms with Gasteiger partial charge in [-0.2, -0.15) is 0 Å². The highest BCUT2D eigenvalue weighted by Gasteiger charge is 2.24. The summed E-state index contributed by atoms with van der Waals surface area (Å²) in [7, 11) is 1.53. The summed E-state index contributed by atoms with van der Waals surface area (Å²) >= 11 is 0. The Balaban J connectivity index is 1.60. The smallest absolute Gasteiger partial charge is 0.335 e. The number of hydrogen-bond acceptors (Lipinski definition) is 4. The molecule has 0 unspecified atom stereocenters. The van der Waals surface area contributed by atoms with Crippen molar-refractivity contribution in [1.82, 2.24) is 0 Å². The Morgan fingerprint density at radius 2 is 1.93 bits per heavy atom. The molecule has 1 fully saturated rings. The summed E-state index contributed by atoms with van der Waals surface area (Å²) < 4.78 is 5.39. The number of ether oxygens (including phenoxy) is 1. The number of hydrogen-bond donors (Lipinski definition) is 2. The maximum absolute atomic E-state index is 12.2. The monoisotopic (exact) mass is 382 g/mol. The standard InChI is InChI=1S/C21H22N2O5/c1-28-18-13-16(9-10-17(18)23-12-2-3-20(23)25)22-19(24)11-6-14-4-7-15(8-5-14)21(26)27/h4-5,7-10,13H,2-3,6,11-12H2,1H3,(H,22,24)(H,26,27). The number of nitrogens with one attached hydrogen (secondary N) is 1. The lowest BCUT2D eigenvalue weighted by molar-refractivity contribution is -0.117. The van der Waals surface area contributed by atoms with Gasteiger partial charge in [0.05, 0.1) is 18.4 Å². The molecule has 2 N–H and O–H groups in total. The number of nitrogens with zero attached hydrogens (tertiary/aromatic N) is 1. The third-order valence-corrected chi connectivity index (χ3v) is 4.67. The Labute approximate surface area is 162 Å². The third-order valence-electron chi connectivity index (χ3n) is 4.67. The quantitative estimate of drug-likeness (QED) is 0.767. The second-order valence-corrected chi connectivity index (χ2v) is 6.59. The molecule has 0 spiro atoms. The first-order chi connectivity index (χ1) is 13.5. The number of methoxy groups -OCH3 is 1. The highest BCUT2D eigenvalue weighted by molar-refractivity contribution is 5.98. The van der Waals surface area contributed by atoms with Gasteiger partial charge in [0.25, 0.3) is 0 Å². The number of aromatic carboxylic acids is 1. The zero-order valence-corrected chi connectivity index (χ0v) is 15.6. The van der Waals surface area contributed by atoms with Gasteiger partial charge in [-0.25, -0.2) is 4.79 Å². The molecule has 0 aromatic heterocycles. The van der Waals surface area contributed by atoms with Gasteiger partial charge < -0.3 is 20.1 Å². The summed E-state index contributed by atoms with van der Waals surface area (Å²) in [5.74, 6) is -0.520. The van der Waals surface area contributed by atoms with Crippen molar-refractivity contribution in [3.8, 4) is 5.75 Å². The van der Waals surface area contributed by atoms with Gasteiger partial charge in [-0.1, -0.05) is 12.1 Å². The van der Waals surface area contributed by atoms with Crippen LogP contribution in [0, 0.1) is 0 Å². The van der Waals surface area contributed by atoms with Crippen LogP contribution in [0.3, 0.4) is 0 Å². The van der Waals surface area contributed by atoms with E-state index in [1.807, 2.05) is 0 Å². The summed E-state index contributed by atoms with van der Waals surface area (Å²) in [5.41, 5.74) is 2.41. The molecule has 3 rings (SSSR count). The van der Waals surface area contributed by atoms with Crippen molar-refractivity contribution < 1.29 is 24.2 Å². The van der Waals surface area contributed by atoms with Gasteiger partial charge in [-0.3, -0.25) is 9.59 Å². The molecule has 0 saturated carbocycles. The fraction of sp³-hybridized carbons (Fsp3) is 0.286. The van der Waals surface area contributed by atoms with Crippen LogP contribution in [-0.4, -0.2) is 36.5 Å². The molecule has 2 aromatic carbocycles. The minimum atomic E-state index is -0.975. The summed E-state index contributed by atoms with van der Waals surface area (Å²) in [4.78, 5) is 36.8.